The molecule has 0 fully saturated rings. The summed E-state index contributed by atoms with van der Waals surface area (Å²) in [4.78, 5) is 7.23. The highest BCUT2D eigenvalue weighted by Gasteiger charge is 2.13. The first-order chi connectivity index (χ1) is 8.69. The summed E-state index contributed by atoms with van der Waals surface area (Å²) in [5.74, 6) is 1.92. The third-order valence-electron chi connectivity index (χ3n) is 2.53. The monoisotopic (exact) mass is 312 g/mol. The summed E-state index contributed by atoms with van der Waals surface area (Å²) in [6.07, 6.45) is 1.60. The van der Waals surface area contributed by atoms with Crippen LogP contribution in [0, 0.1) is 0 Å². The molecule has 1 heterocycles. The molecule has 2 N–H and O–H groups in total. The van der Waals surface area contributed by atoms with E-state index in [-0.39, 0.29) is 6.61 Å². The minimum absolute atomic E-state index is 0.0715. The molecule has 5 nitrogen and oxygen atoms in total. The van der Waals surface area contributed by atoms with Gasteiger partial charge in [-0.1, -0.05) is 0 Å². The average Bonchev–Trinajstić information content (AvgIpc) is 2.86. The fourth-order valence-electron chi connectivity index (χ4n) is 1.61. The van der Waals surface area contributed by atoms with Crippen LogP contribution in [0.2, 0.25) is 0 Å². The molecule has 0 unspecified atom stereocenters. The topological polar surface area (TPSA) is 67.4 Å². The number of ether oxygens (including phenoxy) is 2. The van der Waals surface area contributed by atoms with Crippen LogP contribution in [0.3, 0.4) is 0 Å². The molecule has 0 radical (unpaired) electrons. The smallest absolute Gasteiger partial charge is 0.161 e. The summed E-state index contributed by atoms with van der Waals surface area (Å²) in [6.45, 7) is -0.0715. The summed E-state index contributed by atoms with van der Waals surface area (Å²) < 4.78 is 11.3. The second kappa shape index (κ2) is 5.41. The van der Waals surface area contributed by atoms with Gasteiger partial charge in [-0.3, -0.25) is 0 Å². The van der Waals surface area contributed by atoms with Crippen LogP contribution in [0.5, 0.6) is 11.5 Å². The van der Waals surface area contributed by atoms with Gasteiger partial charge in [0.15, 0.2) is 11.5 Å². The lowest BCUT2D eigenvalue weighted by Gasteiger charge is -2.10. The van der Waals surface area contributed by atoms with Crippen LogP contribution >= 0.6 is 15.9 Å². The lowest BCUT2D eigenvalue weighted by molar-refractivity contribution is 0.277. The Morgan fingerprint density at radius 1 is 1.28 bits per heavy atom. The standard InChI is InChI=1S/C12H13BrN2O3/c1-17-10-3-8(9(13)4-11(10)18-2)12-14-5-7(6-16)15-12/h3-5,16H,6H2,1-2H3,(H,14,15). The van der Waals surface area contributed by atoms with E-state index in [9.17, 15) is 0 Å². The van der Waals surface area contributed by atoms with Crippen molar-refractivity contribution in [3.8, 4) is 22.9 Å². The SMILES string of the molecule is COc1cc(Br)c(-c2ncc(CO)[nH]2)cc1OC. The molecule has 96 valence electrons. The third kappa shape index (κ3) is 2.34. The molecule has 18 heavy (non-hydrogen) atoms. The highest BCUT2D eigenvalue weighted by molar-refractivity contribution is 9.10. The maximum Gasteiger partial charge on any atom is 0.161 e. The molecule has 2 rings (SSSR count). The molecule has 0 saturated carbocycles. The summed E-state index contributed by atoms with van der Waals surface area (Å²) in [5.41, 5.74) is 1.50. The lowest BCUT2D eigenvalue weighted by Crippen LogP contribution is -1.93. The normalized spacial score (nSPS) is 10.4. The molecular formula is C12H13BrN2O3. The van der Waals surface area contributed by atoms with E-state index >= 15 is 0 Å². The number of rotatable bonds is 4. The molecule has 0 saturated heterocycles. The van der Waals surface area contributed by atoms with Gasteiger partial charge in [0.2, 0.25) is 0 Å². The minimum atomic E-state index is -0.0715. The number of aromatic nitrogens is 2. The summed E-state index contributed by atoms with van der Waals surface area (Å²) in [6, 6.07) is 3.64. The number of imidazole rings is 1. The number of H-pyrrole nitrogens is 1. The summed E-state index contributed by atoms with van der Waals surface area (Å²) in [5, 5.41) is 9.02. The van der Waals surface area contributed by atoms with Crippen LogP contribution in [-0.4, -0.2) is 29.3 Å². The zero-order chi connectivity index (χ0) is 13.1. The highest BCUT2D eigenvalue weighted by Crippen LogP contribution is 2.37. The maximum atomic E-state index is 9.02. The van der Waals surface area contributed by atoms with Crippen LogP contribution in [0.15, 0.2) is 22.8 Å². The van der Waals surface area contributed by atoms with Gasteiger partial charge in [-0.15, -0.1) is 0 Å². The van der Waals surface area contributed by atoms with Gasteiger partial charge in [-0.25, -0.2) is 4.98 Å². The first-order valence-corrected chi connectivity index (χ1v) is 6.05. The number of aliphatic hydroxyl groups is 1. The average molecular weight is 313 g/mol. The number of nitrogens with one attached hydrogen (secondary N) is 1. The molecular weight excluding hydrogens is 300 g/mol. The van der Waals surface area contributed by atoms with Crippen LogP contribution < -0.4 is 9.47 Å². The number of hydrogen-bond acceptors (Lipinski definition) is 4. The van der Waals surface area contributed by atoms with Gasteiger partial charge in [-0.2, -0.15) is 0 Å². The van der Waals surface area contributed by atoms with Crippen LogP contribution in [0.25, 0.3) is 11.4 Å². The van der Waals surface area contributed by atoms with Crippen LogP contribution in [-0.2, 0) is 6.61 Å². The Bertz CT molecular complexity index is 554. The zero-order valence-corrected chi connectivity index (χ0v) is 11.6. The van der Waals surface area contributed by atoms with Gasteiger partial charge in [0.05, 0.1) is 32.7 Å². The Hall–Kier alpha value is -1.53. The van der Waals surface area contributed by atoms with Crippen molar-refractivity contribution < 1.29 is 14.6 Å². The van der Waals surface area contributed by atoms with Gasteiger partial charge in [0.1, 0.15) is 5.82 Å². The van der Waals surface area contributed by atoms with E-state index in [0.717, 1.165) is 10.0 Å². The number of aromatic amines is 1. The maximum absolute atomic E-state index is 9.02. The number of benzene rings is 1. The Morgan fingerprint density at radius 2 is 1.94 bits per heavy atom. The molecule has 1 aromatic carbocycles. The lowest BCUT2D eigenvalue weighted by atomic mass is 10.2. The number of halogens is 1. The van der Waals surface area contributed by atoms with E-state index in [2.05, 4.69) is 25.9 Å². The van der Waals surface area contributed by atoms with Crippen molar-refractivity contribution in [2.45, 2.75) is 6.61 Å². The van der Waals surface area contributed by atoms with Crippen molar-refractivity contribution in [1.29, 1.82) is 0 Å². The molecule has 0 atom stereocenters. The Labute approximate surface area is 113 Å². The molecule has 6 heteroatoms. The fraction of sp³-hybridized carbons (Fsp3) is 0.250. The minimum Gasteiger partial charge on any atom is -0.493 e. The Kier molecular flexibility index (Phi) is 3.88. The first kappa shape index (κ1) is 12.9. The number of nitrogens with zero attached hydrogens (tertiary/aromatic N) is 1. The van der Waals surface area contributed by atoms with E-state index in [1.807, 2.05) is 12.1 Å². The number of methoxy groups -OCH3 is 2. The van der Waals surface area contributed by atoms with Crippen LogP contribution in [0.4, 0.5) is 0 Å². The summed E-state index contributed by atoms with van der Waals surface area (Å²) >= 11 is 3.46. The second-order valence-electron chi connectivity index (χ2n) is 3.60. The zero-order valence-electron chi connectivity index (χ0n) is 10.0. The molecule has 0 aliphatic carbocycles. The summed E-state index contributed by atoms with van der Waals surface area (Å²) in [7, 11) is 3.16. The van der Waals surface area contributed by atoms with E-state index in [1.165, 1.54) is 0 Å². The van der Waals surface area contributed by atoms with Crippen molar-refractivity contribution in [2.24, 2.45) is 0 Å². The first-order valence-electron chi connectivity index (χ1n) is 5.26. The van der Waals surface area contributed by atoms with Gasteiger partial charge in [0, 0.05) is 10.0 Å². The molecule has 0 bridgehead atoms. The van der Waals surface area contributed by atoms with Crippen molar-refractivity contribution >= 4 is 15.9 Å². The van der Waals surface area contributed by atoms with E-state index in [1.54, 1.807) is 20.4 Å². The highest BCUT2D eigenvalue weighted by atomic mass is 79.9. The molecule has 0 aliphatic rings. The molecule has 0 spiro atoms. The van der Waals surface area contributed by atoms with Crippen molar-refractivity contribution in [1.82, 2.24) is 9.97 Å². The molecule has 0 aliphatic heterocycles. The van der Waals surface area contributed by atoms with Crippen molar-refractivity contribution in [2.75, 3.05) is 14.2 Å². The predicted octanol–water partition coefficient (Wildman–Crippen LogP) is 2.35. The quantitative estimate of drug-likeness (QED) is 0.909. The number of hydrogen-bond donors (Lipinski definition) is 2. The molecule has 2 aromatic rings. The van der Waals surface area contributed by atoms with Gasteiger partial charge in [0.25, 0.3) is 0 Å². The van der Waals surface area contributed by atoms with Crippen molar-refractivity contribution in [3.63, 3.8) is 0 Å². The Morgan fingerprint density at radius 3 is 2.50 bits per heavy atom. The van der Waals surface area contributed by atoms with Crippen molar-refractivity contribution in [3.05, 3.63) is 28.5 Å². The van der Waals surface area contributed by atoms with Gasteiger partial charge >= 0.3 is 0 Å². The van der Waals surface area contributed by atoms with E-state index in [0.29, 0.717) is 23.0 Å². The molecule has 1 aromatic heterocycles. The second-order valence-corrected chi connectivity index (χ2v) is 4.46. The number of aliphatic hydroxyl groups excluding tert-OH is 1. The molecule has 0 amide bonds. The third-order valence-corrected chi connectivity index (χ3v) is 3.18. The largest absolute Gasteiger partial charge is 0.493 e. The Balaban J connectivity index is 2.50. The van der Waals surface area contributed by atoms with Gasteiger partial charge in [-0.05, 0) is 28.1 Å². The van der Waals surface area contributed by atoms with E-state index in [4.69, 9.17) is 14.6 Å². The van der Waals surface area contributed by atoms with Crippen LogP contribution in [0.1, 0.15) is 5.69 Å². The van der Waals surface area contributed by atoms with E-state index < -0.39 is 0 Å². The predicted molar refractivity (Wildman–Crippen MR) is 70.8 cm³/mol. The van der Waals surface area contributed by atoms with Gasteiger partial charge < -0.3 is 19.6 Å². The fourth-order valence-corrected chi connectivity index (χ4v) is 2.12.